The van der Waals surface area contributed by atoms with Crippen LogP contribution in [0.25, 0.3) is 0 Å². The predicted octanol–water partition coefficient (Wildman–Crippen LogP) is 1.47. The number of hydrogen-bond donors (Lipinski definition) is 1. The molecule has 2 unspecified atom stereocenters. The Labute approximate surface area is 93.4 Å². The Hall–Kier alpha value is -0.520. The van der Waals surface area contributed by atoms with Crippen LogP contribution in [0.2, 0.25) is 0 Å². The van der Waals surface area contributed by atoms with E-state index in [9.17, 15) is 0 Å². The van der Waals surface area contributed by atoms with E-state index in [1.54, 1.807) is 0 Å². The quantitative estimate of drug-likeness (QED) is 0.704. The first-order valence-electron chi connectivity index (χ1n) is 6.28. The molecule has 2 rings (SSSR count). The van der Waals surface area contributed by atoms with Crippen molar-refractivity contribution >= 4 is 0 Å². The molecule has 2 nitrogen and oxygen atoms in total. The van der Waals surface area contributed by atoms with Crippen molar-refractivity contribution in [1.29, 1.82) is 0 Å². The van der Waals surface area contributed by atoms with E-state index >= 15 is 0 Å². The monoisotopic (exact) mass is 206 g/mol. The number of terminal acetylenes is 1. The second kappa shape index (κ2) is 5.01. The zero-order chi connectivity index (χ0) is 10.7. The van der Waals surface area contributed by atoms with Crippen LogP contribution in [-0.2, 0) is 0 Å². The Morgan fingerprint density at radius 3 is 2.93 bits per heavy atom. The maximum absolute atomic E-state index is 5.59. The highest BCUT2D eigenvalue weighted by atomic mass is 15.2. The van der Waals surface area contributed by atoms with Gasteiger partial charge in [-0.05, 0) is 38.1 Å². The second-order valence-electron chi connectivity index (χ2n) is 4.84. The van der Waals surface area contributed by atoms with Crippen molar-refractivity contribution in [2.24, 2.45) is 5.92 Å². The molecule has 1 saturated heterocycles. The van der Waals surface area contributed by atoms with Gasteiger partial charge in [0.05, 0.1) is 6.04 Å². The summed E-state index contributed by atoms with van der Waals surface area (Å²) >= 11 is 0. The summed E-state index contributed by atoms with van der Waals surface area (Å²) in [7, 11) is 0. The Kier molecular flexibility index (Phi) is 3.66. The van der Waals surface area contributed by atoms with Gasteiger partial charge in [-0.3, -0.25) is 4.90 Å². The normalized spacial score (nSPS) is 30.5. The maximum Gasteiger partial charge on any atom is 0.0709 e. The fraction of sp³-hybridized carbons (Fsp3) is 0.846. The van der Waals surface area contributed by atoms with Crippen LogP contribution in [0.1, 0.15) is 32.6 Å². The zero-order valence-corrected chi connectivity index (χ0v) is 9.71. The largest absolute Gasteiger partial charge is 0.312 e. The molecule has 15 heavy (non-hydrogen) atoms. The molecule has 1 N–H and O–H groups in total. The molecule has 1 heterocycles. The van der Waals surface area contributed by atoms with Crippen LogP contribution >= 0.6 is 0 Å². The molecule has 2 atom stereocenters. The van der Waals surface area contributed by atoms with E-state index in [0.29, 0.717) is 12.1 Å². The van der Waals surface area contributed by atoms with Crippen molar-refractivity contribution in [3.8, 4) is 12.3 Å². The van der Waals surface area contributed by atoms with Gasteiger partial charge in [0.1, 0.15) is 0 Å². The summed E-state index contributed by atoms with van der Waals surface area (Å²) in [6.45, 7) is 5.68. The fourth-order valence-electron chi connectivity index (χ4n) is 2.56. The molecule has 0 amide bonds. The molecule has 1 aliphatic carbocycles. The molecule has 0 aromatic rings. The smallest absolute Gasteiger partial charge is 0.0709 e. The molecule has 0 aromatic carbocycles. The van der Waals surface area contributed by atoms with Crippen molar-refractivity contribution in [3.63, 3.8) is 0 Å². The van der Waals surface area contributed by atoms with Gasteiger partial charge in [-0.1, -0.05) is 12.8 Å². The first-order valence-corrected chi connectivity index (χ1v) is 6.28. The van der Waals surface area contributed by atoms with E-state index in [1.165, 1.54) is 32.4 Å². The lowest BCUT2D eigenvalue weighted by molar-refractivity contribution is 0.219. The molecule has 0 spiro atoms. The molecule has 1 saturated carbocycles. The van der Waals surface area contributed by atoms with Crippen molar-refractivity contribution in [3.05, 3.63) is 0 Å². The molecule has 0 radical (unpaired) electrons. The van der Waals surface area contributed by atoms with Gasteiger partial charge in [-0.15, -0.1) is 6.42 Å². The molecule has 84 valence electrons. The lowest BCUT2D eigenvalue weighted by Gasteiger charge is -2.28. The third-order valence-corrected chi connectivity index (χ3v) is 3.67. The lowest BCUT2D eigenvalue weighted by Crippen LogP contribution is -2.43. The highest BCUT2D eigenvalue weighted by Crippen LogP contribution is 2.33. The molecule has 2 aliphatic rings. The van der Waals surface area contributed by atoms with Gasteiger partial charge in [-0.2, -0.15) is 0 Å². The standard InChI is InChI=1S/C13H22N2/c1-3-12(4-2)15-9-5-8-14-13(10-15)11-6-7-11/h1,11-14H,4-10H2,2H3. The first kappa shape index (κ1) is 11.0. The van der Waals surface area contributed by atoms with Gasteiger partial charge >= 0.3 is 0 Å². The van der Waals surface area contributed by atoms with E-state index < -0.39 is 0 Å². The predicted molar refractivity (Wildman–Crippen MR) is 63.6 cm³/mol. The third-order valence-electron chi connectivity index (χ3n) is 3.67. The van der Waals surface area contributed by atoms with E-state index in [2.05, 4.69) is 23.1 Å². The van der Waals surface area contributed by atoms with Crippen molar-refractivity contribution in [2.45, 2.75) is 44.7 Å². The SMILES string of the molecule is C#CC(CC)N1CCCNC(C2CC2)C1. The van der Waals surface area contributed by atoms with E-state index in [4.69, 9.17) is 6.42 Å². The van der Waals surface area contributed by atoms with Gasteiger partial charge in [0.15, 0.2) is 0 Å². The van der Waals surface area contributed by atoms with Crippen LogP contribution in [0, 0.1) is 18.3 Å². The highest BCUT2D eigenvalue weighted by Gasteiger charge is 2.34. The molecular weight excluding hydrogens is 184 g/mol. The third kappa shape index (κ3) is 2.74. The lowest BCUT2D eigenvalue weighted by atomic mass is 10.1. The van der Waals surface area contributed by atoms with Crippen LogP contribution in [0.3, 0.4) is 0 Å². The highest BCUT2D eigenvalue weighted by molar-refractivity contribution is 5.01. The summed E-state index contributed by atoms with van der Waals surface area (Å²) in [5.41, 5.74) is 0. The Balaban J connectivity index is 1.94. The van der Waals surface area contributed by atoms with Crippen molar-refractivity contribution in [1.82, 2.24) is 10.2 Å². The van der Waals surface area contributed by atoms with Crippen LogP contribution in [0.5, 0.6) is 0 Å². The zero-order valence-electron chi connectivity index (χ0n) is 9.71. The van der Waals surface area contributed by atoms with Gasteiger partial charge in [0.25, 0.3) is 0 Å². The van der Waals surface area contributed by atoms with E-state index in [0.717, 1.165) is 18.9 Å². The minimum Gasteiger partial charge on any atom is -0.312 e. The minimum absolute atomic E-state index is 0.353. The summed E-state index contributed by atoms with van der Waals surface area (Å²) in [5, 5.41) is 3.67. The van der Waals surface area contributed by atoms with Crippen LogP contribution < -0.4 is 5.32 Å². The Bertz CT molecular complexity index is 239. The minimum atomic E-state index is 0.353. The molecule has 1 aliphatic heterocycles. The average Bonchev–Trinajstić information content (AvgIpc) is 3.06. The van der Waals surface area contributed by atoms with Gasteiger partial charge in [0.2, 0.25) is 0 Å². The maximum atomic E-state index is 5.59. The Morgan fingerprint density at radius 2 is 2.33 bits per heavy atom. The topological polar surface area (TPSA) is 15.3 Å². The van der Waals surface area contributed by atoms with Crippen molar-refractivity contribution < 1.29 is 0 Å². The average molecular weight is 206 g/mol. The molecular formula is C13H22N2. The molecule has 0 aromatic heterocycles. The number of nitrogens with zero attached hydrogens (tertiary/aromatic N) is 1. The summed E-state index contributed by atoms with van der Waals surface area (Å²) in [6, 6.07) is 1.06. The van der Waals surface area contributed by atoms with Gasteiger partial charge < -0.3 is 5.32 Å². The summed E-state index contributed by atoms with van der Waals surface area (Å²) in [6.07, 6.45) is 10.7. The van der Waals surface area contributed by atoms with Crippen LogP contribution in [-0.4, -0.2) is 36.6 Å². The first-order chi connectivity index (χ1) is 7.35. The van der Waals surface area contributed by atoms with Gasteiger partial charge in [-0.25, -0.2) is 0 Å². The molecule has 2 fully saturated rings. The molecule has 2 heteroatoms. The number of nitrogens with one attached hydrogen (secondary N) is 1. The van der Waals surface area contributed by atoms with E-state index in [-0.39, 0.29) is 0 Å². The van der Waals surface area contributed by atoms with Gasteiger partial charge in [0, 0.05) is 19.1 Å². The van der Waals surface area contributed by atoms with Crippen LogP contribution in [0.4, 0.5) is 0 Å². The number of hydrogen-bond acceptors (Lipinski definition) is 2. The molecule has 0 bridgehead atoms. The Morgan fingerprint density at radius 1 is 1.53 bits per heavy atom. The van der Waals surface area contributed by atoms with Crippen molar-refractivity contribution in [2.75, 3.05) is 19.6 Å². The summed E-state index contributed by atoms with van der Waals surface area (Å²) in [4.78, 5) is 2.50. The second-order valence-corrected chi connectivity index (χ2v) is 4.84. The summed E-state index contributed by atoms with van der Waals surface area (Å²) in [5.74, 6) is 3.86. The van der Waals surface area contributed by atoms with E-state index in [1.807, 2.05) is 0 Å². The van der Waals surface area contributed by atoms with Crippen LogP contribution in [0.15, 0.2) is 0 Å². The number of rotatable bonds is 3. The fourth-order valence-corrected chi connectivity index (χ4v) is 2.56. The summed E-state index contributed by atoms with van der Waals surface area (Å²) < 4.78 is 0.